The Morgan fingerprint density at radius 2 is 1.83 bits per heavy atom. The average molecular weight is 498 g/mol. The fraction of sp³-hybridized carbons (Fsp3) is 0.269. The Labute approximate surface area is 204 Å². The molecule has 0 aliphatic carbocycles. The van der Waals surface area contributed by atoms with Gasteiger partial charge in [-0.3, -0.25) is 14.6 Å². The van der Waals surface area contributed by atoms with Crippen molar-refractivity contribution < 1.29 is 27.2 Å². The molecule has 1 fully saturated rings. The Balaban J connectivity index is 1.48. The second-order valence-electron chi connectivity index (χ2n) is 8.97. The molecule has 186 valence electrons. The number of fused-ring (bicyclic) bond motifs is 3. The lowest BCUT2D eigenvalue weighted by Crippen LogP contribution is -2.56. The number of halogens is 4. The maximum absolute atomic E-state index is 13.5. The van der Waals surface area contributed by atoms with Gasteiger partial charge in [-0.25, -0.2) is 17.6 Å². The number of carbonyl (C=O) groups is 2. The highest BCUT2D eigenvalue weighted by Crippen LogP contribution is 2.43. The molecule has 1 aromatic heterocycles. The van der Waals surface area contributed by atoms with Gasteiger partial charge in [0.2, 0.25) is 11.8 Å². The summed E-state index contributed by atoms with van der Waals surface area (Å²) in [4.78, 5) is 33.7. The molecule has 0 saturated carbocycles. The van der Waals surface area contributed by atoms with Crippen LogP contribution in [0.2, 0.25) is 0 Å². The van der Waals surface area contributed by atoms with E-state index in [0.29, 0.717) is 28.3 Å². The van der Waals surface area contributed by atoms with Crippen molar-refractivity contribution in [2.24, 2.45) is 0 Å². The van der Waals surface area contributed by atoms with Crippen molar-refractivity contribution in [1.82, 2.24) is 4.98 Å². The van der Waals surface area contributed by atoms with Gasteiger partial charge in [-0.05, 0) is 37.3 Å². The molecule has 0 spiro atoms. The van der Waals surface area contributed by atoms with Gasteiger partial charge in [0.15, 0.2) is 0 Å². The van der Waals surface area contributed by atoms with E-state index in [1.807, 2.05) is 6.07 Å². The van der Waals surface area contributed by atoms with Crippen LogP contribution >= 0.6 is 0 Å². The summed E-state index contributed by atoms with van der Waals surface area (Å²) in [7, 11) is 0. The summed E-state index contributed by atoms with van der Waals surface area (Å²) in [5.41, 5.74) is 2.99. The molecule has 36 heavy (non-hydrogen) atoms. The molecule has 1 atom stereocenters. The highest BCUT2D eigenvalue weighted by molar-refractivity contribution is 6.09. The maximum atomic E-state index is 13.5. The van der Waals surface area contributed by atoms with Gasteiger partial charge in [0.1, 0.15) is 6.54 Å². The Hall–Kier alpha value is -3.95. The van der Waals surface area contributed by atoms with Gasteiger partial charge in [0, 0.05) is 34.3 Å². The van der Waals surface area contributed by atoms with Crippen LogP contribution in [0.15, 0.2) is 60.8 Å². The van der Waals surface area contributed by atoms with Crippen LogP contribution in [0, 0.1) is 0 Å². The molecular formula is C26H22F4N4O2. The molecule has 2 amide bonds. The molecule has 10 heteroatoms. The van der Waals surface area contributed by atoms with Crippen LogP contribution in [0.3, 0.4) is 0 Å². The van der Waals surface area contributed by atoms with Crippen LogP contribution < -0.4 is 15.1 Å². The molecular weight excluding hydrogens is 476 g/mol. The third-order valence-corrected chi connectivity index (χ3v) is 6.41. The summed E-state index contributed by atoms with van der Waals surface area (Å²) in [6.07, 6.45) is -1.04. The lowest BCUT2D eigenvalue weighted by Gasteiger charge is -2.41. The third kappa shape index (κ3) is 4.38. The SMILES string of the molecule is C[C@@H]1C(=O)N(CC(=O)Nc2ccc(C(F)F)cc2)c2cc(N3CC(F)(F)C3)ccc2-c2cccnc21. The third-order valence-electron chi connectivity index (χ3n) is 6.41. The monoisotopic (exact) mass is 498 g/mol. The number of amides is 2. The zero-order chi connectivity index (χ0) is 25.6. The molecule has 5 rings (SSSR count). The van der Waals surface area contributed by atoms with E-state index in [1.165, 1.54) is 34.1 Å². The van der Waals surface area contributed by atoms with Gasteiger partial charge in [0.05, 0.1) is 30.4 Å². The van der Waals surface area contributed by atoms with E-state index in [2.05, 4.69) is 10.3 Å². The van der Waals surface area contributed by atoms with Gasteiger partial charge < -0.3 is 15.1 Å². The Bertz CT molecular complexity index is 1320. The first-order chi connectivity index (χ1) is 17.1. The fourth-order valence-electron chi connectivity index (χ4n) is 4.54. The topological polar surface area (TPSA) is 65.5 Å². The number of benzene rings is 2. The molecule has 0 radical (unpaired) electrons. The number of pyridine rings is 1. The van der Waals surface area contributed by atoms with Crippen molar-refractivity contribution >= 4 is 28.9 Å². The zero-order valence-electron chi connectivity index (χ0n) is 19.2. The number of alkyl halides is 4. The van der Waals surface area contributed by atoms with Crippen LogP contribution in [0.25, 0.3) is 11.1 Å². The minimum absolute atomic E-state index is 0.173. The molecule has 3 heterocycles. The molecule has 2 aliphatic rings. The van der Waals surface area contributed by atoms with Crippen LogP contribution in [-0.2, 0) is 9.59 Å². The van der Waals surface area contributed by atoms with Gasteiger partial charge in [-0.2, -0.15) is 0 Å². The second-order valence-corrected chi connectivity index (χ2v) is 8.97. The largest absolute Gasteiger partial charge is 0.359 e. The number of aromatic nitrogens is 1. The maximum Gasteiger partial charge on any atom is 0.282 e. The normalized spacial score (nSPS) is 18.3. The smallest absolute Gasteiger partial charge is 0.282 e. The number of rotatable bonds is 5. The Morgan fingerprint density at radius 1 is 1.11 bits per heavy atom. The predicted octanol–water partition coefficient (Wildman–Crippen LogP) is 5.23. The van der Waals surface area contributed by atoms with Gasteiger partial charge in [-0.15, -0.1) is 0 Å². The summed E-state index contributed by atoms with van der Waals surface area (Å²) in [5.74, 6) is -4.34. The first-order valence-corrected chi connectivity index (χ1v) is 11.3. The first kappa shape index (κ1) is 23.8. The Morgan fingerprint density at radius 3 is 2.50 bits per heavy atom. The second kappa shape index (κ2) is 8.92. The quantitative estimate of drug-likeness (QED) is 0.490. The fourth-order valence-corrected chi connectivity index (χ4v) is 4.54. The molecule has 1 saturated heterocycles. The molecule has 1 N–H and O–H groups in total. The number of nitrogens with one attached hydrogen (secondary N) is 1. The van der Waals surface area contributed by atoms with Gasteiger partial charge in [0.25, 0.3) is 12.3 Å². The van der Waals surface area contributed by atoms with E-state index in [4.69, 9.17) is 0 Å². The summed E-state index contributed by atoms with van der Waals surface area (Å²) in [6, 6.07) is 13.8. The van der Waals surface area contributed by atoms with Crippen LogP contribution in [0.5, 0.6) is 0 Å². The highest BCUT2D eigenvalue weighted by Gasteiger charge is 2.44. The number of hydrogen-bond acceptors (Lipinski definition) is 4. The highest BCUT2D eigenvalue weighted by atomic mass is 19.3. The number of carbonyl (C=O) groups excluding carboxylic acids is 2. The molecule has 0 bridgehead atoms. The summed E-state index contributed by atoms with van der Waals surface area (Å²) in [5, 5.41) is 2.63. The zero-order valence-corrected chi connectivity index (χ0v) is 19.2. The van der Waals surface area contributed by atoms with E-state index in [9.17, 15) is 27.2 Å². The average Bonchev–Trinajstić information content (AvgIpc) is 2.92. The molecule has 3 aromatic rings. The van der Waals surface area contributed by atoms with Crippen molar-refractivity contribution in [3.05, 3.63) is 72.1 Å². The standard InChI is InChI=1S/C26H22F4N4O2/c1-15-23-20(3-2-10-31-23)19-9-8-18(33-13-26(29,30)14-33)11-21(19)34(25(15)36)12-22(35)32-17-6-4-16(5-7-17)24(27)28/h2-11,15,24H,12-14H2,1H3,(H,32,35)/t15-/m0/s1. The van der Waals surface area contributed by atoms with Crippen molar-refractivity contribution in [3.8, 4) is 11.1 Å². The van der Waals surface area contributed by atoms with E-state index in [-0.39, 0.29) is 18.0 Å². The van der Waals surface area contributed by atoms with Gasteiger partial charge in [-0.1, -0.05) is 24.3 Å². The number of hydrogen-bond donors (Lipinski definition) is 1. The molecule has 2 aromatic carbocycles. The lowest BCUT2D eigenvalue weighted by molar-refractivity contribution is -0.122. The van der Waals surface area contributed by atoms with Crippen LogP contribution in [-0.4, -0.2) is 42.4 Å². The summed E-state index contributed by atoms with van der Waals surface area (Å²) >= 11 is 0. The van der Waals surface area contributed by atoms with E-state index >= 15 is 0 Å². The van der Waals surface area contributed by atoms with E-state index in [0.717, 1.165) is 5.56 Å². The summed E-state index contributed by atoms with van der Waals surface area (Å²) in [6.45, 7) is 0.484. The van der Waals surface area contributed by atoms with Crippen molar-refractivity contribution in [1.29, 1.82) is 0 Å². The van der Waals surface area contributed by atoms with Crippen LogP contribution in [0.4, 0.5) is 34.6 Å². The Kier molecular flexibility index (Phi) is 5.89. The van der Waals surface area contributed by atoms with E-state index < -0.39 is 37.3 Å². The van der Waals surface area contributed by atoms with Crippen molar-refractivity contribution in [2.75, 3.05) is 34.8 Å². The van der Waals surface area contributed by atoms with Crippen LogP contribution in [0.1, 0.15) is 30.5 Å². The van der Waals surface area contributed by atoms with Crippen molar-refractivity contribution in [3.63, 3.8) is 0 Å². The minimum Gasteiger partial charge on any atom is -0.359 e. The first-order valence-electron chi connectivity index (χ1n) is 11.3. The van der Waals surface area contributed by atoms with Gasteiger partial charge >= 0.3 is 0 Å². The molecule has 6 nitrogen and oxygen atoms in total. The van der Waals surface area contributed by atoms with E-state index in [1.54, 1.807) is 37.4 Å². The lowest BCUT2D eigenvalue weighted by atomic mass is 9.97. The summed E-state index contributed by atoms with van der Waals surface area (Å²) < 4.78 is 52.7. The molecule has 0 unspecified atom stereocenters. The number of anilines is 3. The minimum atomic E-state index is -2.77. The van der Waals surface area contributed by atoms with Crippen molar-refractivity contribution in [2.45, 2.75) is 25.2 Å². The predicted molar refractivity (Wildman–Crippen MR) is 128 cm³/mol. The number of nitrogens with zero attached hydrogens (tertiary/aromatic N) is 3. The molecule has 2 aliphatic heterocycles.